The molecule has 7 heteroatoms. The summed E-state index contributed by atoms with van der Waals surface area (Å²) in [5, 5.41) is 0. The molecule has 0 spiro atoms. The molecule has 1 aromatic heterocycles. The summed E-state index contributed by atoms with van der Waals surface area (Å²) in [6.45, 7) is 2.66. The average molecular weight is 303 g/mol. The number of rotatable bonds is 3. The van der Waals surface area contributed by atoms with Crippen LogP contribution in [0, 0.1) is 5.82 Å². The van der Waals surface area contributed by atoms with E-state index in [1.54, 1.807) is 40.3 Å². The number of nitrogen functional groups attached to an aromatic ring is 1. The molecule has 1 aliphatic rings. The summed E-state index contributed by atoms with van der Waals surface area (Å²) in [7, 11) is 0. The number of anilines is 2. The molecule has 0 bridgehead atoms. The summed E-state index contributed by atoms with van der Waals surface area (Å²) in [5.74, 6) is -0.270. The zero-order valence-electron chi connectivity index (χ0n) is 12.2. The fraction of sp³-hybridized carbons (Fsp3) is 0.333. The number of nitrogens with two attached hydrogens (primary N) is 1. The van der Waals surface area contributed by atoms with Crippen LogP contribution in [0.4, 0.5) is 15.8 Å². The number of amides is 1. The standard InChI is InChI=1S/C15H18FN5O/c16-13-9-12(17)1-2-14(13)20-5-7-21(8-6-20)15(22)10-19-4-3-18-11-19/h1-4,9,11H,5-8,10,17H2. The number of aromatic nitrogens is 2. The van der Waals surface area contributed by atoms with E-state index in [0.29, 0.717) is 37.6 Å². The van der Waals surface area contributed by atoms with E-state index in [4.69, 9.17) is 5.73 Å². The molecule has 1 saturated heterocycles. The van der Waals surface area contributed by atoms with Crippen molar-refractivity contribution in [3.8, 4) is 0 Å². The van der Waals surface area contributed by atoms with Gasteiger partial charge in [-0.1, -0.05) is 0 Å². The molecule has 1 aliphatic heterocycles. The second-order valence-corrected chi connectivity index (χ2v) is 5.31. The third kappa shape index (κ3) is 3.03. The quantitative estimate of drug-likeness (QED) is 0.858. The molecule has 1 amide bonds. The van der Waals surface area contributed by atoms with Gasteiger partial charge >= 0.3 is 0 Å². The van der Waals surface area contributed by atoms with Crippen LogP contribution in [0.25, 0.3) is 0 Å². The van der Waals surface area contributed by atoms with Crippen molar-refractivity contribution in [3.63, 3.8) is 0 Å². The first-order valence-electron chi connectivity index (χ1n) is 7.17. The lowest BCUT2D eigenvalue weighted by molar-refractivity contribution is -0.132. The Morgan fingerprint density at radius 2 is 2.05 bits per heavy atom. The Morgan fingerprint density at radius 1 is 1.27 bits per heavy atom. The van der Waals surface area contributed by atoms with Gasteiger partial charge in [-0.25, -0.2) is 9.37 Å². The monoisotopic (exact) mass is 303 g/mol. The van der Waals surface area contributed by atoms with Crippen LogP contribution in [0.3, 0.4) is 0 Å². The summed E-state index contributed by atoms with van der Waals surface area (Å²) >= 11 is 0. The smallest absolute Gasteiger partial charge is 0.242 e. The van der Waals surface area contributed by atoms with E-state index in [2.05, 4.69) is 4.98 Å². The van der Waals surface area contributed by atoms with Crippen LogP contribution in [-0.4, -0.2) is 46.5 Å². The zero-order chi connectivity index (χ0) is 15.5. The van der Waals surface area contributed by atoms with Crippen molar-refractivity contribution in [1.29, 1.82) is 0 Å². The van der Waals surface area contributed by atoms with Crippen LogP contribution in [0.5, 0.6) is 0 Å². The predicted molar refractivity (Wildman–Crippen MR) is 81.8 cm³/mol. The topological polar surface area (TPSA) is 67.4 Å². The van der Waals surface area contributed by atoms with E-state index in [1.165, 1.54) is 6.07 Å². The Balaban J connectivity index is 1.59. The number of hydrogen-bond acceptors (Lipinski definition) is 4. The van der Waals surface area contributed by atoms with E-state index < -0.39 is 0 Å². The van der Waals surface area contributed by atoms with Gasteiger partial charge in [0.2, 0.25) is 5.91 Å². The van der Waals surface area contributed by atoms with E-state index in [0.717, 1.165) is 0 Å². The molecule has 116 valence electrons. The lowest BCUT2D eigenvalue weighted by atomic mass is 10.2. The van der Waals surface area contributed by atoms with Crippen molar-refractivity contribution in [2.45, 2.75) is 6.54 Å². The first kappa shape index (κ1) is 14.4. The predicted octanol–water partition coefficient (Wildman–Crippen LogP) is 0.953. The molecule has 2 heterocycles. The van der Waals surface area contributed by atoms with Gasteiger partial charge in [-0.15, -0.1) is 0 Å². The van der Waals surface area contributed by atoms with E-state index >= 15 is 0 Å². The molecule has 0 saturated carbocycles. The first-order chi connectivity index (χ1) is 10.6. The molecule has 0 atom stereocenters. The summed E-state index contributed by atoms with van der Waals surface area (Å²) < 4.78 is 15.7. The minimum Gasteiger partial charge on any atom is -0.399 e. The zero-order valence-corrected chi connectivity index (χ0v) is 12.2. The Hall–Kier alpha value is -2.57. The van der Waals surface area contributed by atoms with Gasteiger partial charge in [0, 0.05) is 44.3 Å². The number of nitrogens with zero attached hydrogens (tertiary/aromatic N) is 4. The van der Waals surface area contributed by atoms with Gasteiger partial charge in [0.15, 0.2) is 0 Å². The lowest BCUT2D eigenvalue weighted by Crippen LogP contribution is -2.49. The minimum absolute atomic E-state index is 0.0513. The number of imidazole rings is 1. The maximum absolute atomic E-state index is 13.9. The molecule has 1 aromatic carbocycles. The fourth-order valence-electron chi connectivity index (χ4n) is 2.61. The molecule has 1 fully saturated rings. The largest absolute Gasteiger partial charge is 0.399 e. The number of halogens is 1. The molecule has 3 rings (SSSR count). The summed E-state index contributed by atoms with van der Waals surface area (Å²) in [5.41, 5.74) is 6.51. The maximum Gasteiger partial charge on any atom is 0.242 e. The van der Waals surface area contributed by atoms with E-state index in [1.807, 2.05) is 4.90 Å². The number of benzene rings is 1. The highest BCUT2D eigenvalue weighted by atomic mass is 19.1. The SMILES string of the molecule is Nc1ccc(N2CCN(C(=O)Cn3ccnc3)CC2)c(F)c1. The number of hydrogen-bond donors (Lipinski definition) is 1. The fourth-order valence-corrected chi connectivity index (χ4v) is 2.61. The molecule has 6 nitrogen and oxygen atoms in total. The van der Waals surface area contributed by atoms with Crippen LogP contribution < -0.4 is 10.6 Å². The van der Waals surface area contributed by atoms with E-state index in [-0.39, 0.29) is 18.3 Å². The number of piperazine rings is 1. The third-order valence-electron chi connectivity index (χ3n) is 3.82. The van der Waals surface area contributed by atoms with Gasteiger partial charge in [0.1, 0.15) is 12.4 Å². The summed E-state index contributed by atoms with van der Waals surface area (Å²) in [4.78, 5) is 19.8. The maximum atomic E-state index is 13.9. The molecule has 22 heavy (non-hydrogen) atoms. The number of carbonyl (C=O) groups is 1. The van der Waals surface area contributed by atoms with Crippen LogP contribution >= 0.6 is 0 Å². The molecular formula is C15H18FN5O. The van der Waals surface area contributed by atoms with Gasteiger partial charge < -0.3 is 20.1 Å². The van der Waals surface area contributed by atoms with Crippen molar-refractivity contribution in [2.75, 3.05) is 36.8 Å². The highest BCUT2D eigenvalue weighted by molar-refractivity contribution is 5.76. The highest BCUT2D eigenvalue weighted by Gasteiger charge is 2.22. The Kier molecular flexibility index (Phi) is 3.95. The van der Waals surface area contributed by atoms with Gasteiger partial charge in [-0.3, -0.25) is 4.79 Å². The molecule has 0 radical (unpaired) electrons. The van der Waals surface area contributed by atoms with E-state index in [9.17, 15) is 9.18 Å². The lowest BCUT2D eigenvalue weighted by Gasteiger charge is -2.36. The van der Waals surface area contributed by atoms with Crippen LogP contribution in [-0.2, 0) is 11.3 Å². The molecule has 2 aromatic rings. The second-order valence-electron chi connectivity index (χ2n) is 5.31. The molecular weight excluding hydrogens is 285 g/mol. The van der Waals surface area contributed by atoms with Crippen LogP contribution in [0.15, 0.2) is 36.9 Å². The molecule has 0 unspecified atom stereocenters. The Morgan fingerprint density at radius 3 is 2.68 bits per heavy atom. The summed E-state index contributed by atoms with van der Waals surface area (Å²) in [6.07, 6.45) is 5.03. The highest BCUT2D eigenvalue weighted by Crippen LogP contribution is 2.22. The minimum atomic E-state index is -0.321. The van der Waals surface area contributed by atoms with Crippen molar-refractivity contribution in [1.82, 2.24) is 14.5 Å². The van der Waals surface area contributed by atoms with Crippen molar-refractivity contribution < 1.29 is 9.18 Å². The van der Waals surface area contributed by atoms with Gasteiger partial charge in [-0.2, -0.15) is 0 Å². The third-order valence-corrected chi connectivity index (χ3v) is 3.82. The summed E-state index contributed by atoms with van der Waals surface area (Å²) in [6, 6.07) is 4.70. The van der Waals surface area contributed by atoms with Crippen molar-refractivity contribution in [3.05, 3.63) is 42.7 Å². The molecule has 2 N–H and O–H groups in total. The average Bonchev–Trinajstić information content (AvgIpc) is 3.00. The first-order valence-corrected chi connectivity index (χ1v) is 7.17. The number of carbonyl (C=O) groups excluding carboxylic acids is 1. The van der Waals surface area contributed by atoms with Crippen molar-refractivity contribution in [2.24, 2.45) is 0 Å². The Labute approximate surface area is 127 Å². The van der Waals surface area contributed by atoms with Gasteiger partial charge in [-0.05, 0) is 18.2 Å². The second kappa shape index (κ2) is 6.05. The Bertz CT molecular complexity index is 650. The molecule has 0 aliphatic carbocycles. The van der Waals surface area contributed by atoms with Gasteiger partial charge in [0.25, 0.3) is 0 Å². The van der Waals surface area contributed by atoms with Crippen molar-refractivity contribution >= 4 is 17.3 Å². The van der Waals surface area contributed by atoms with Crippen LogP contribution in [0.2, 0.25) is 0 Å². The normalized spacial score (nSPS) is 15.1. The van der Waals surface area contributed by atoms with Crippen LogP contribution in [0.1, 0.15) is 0 Å². The van der Waals surface area contributed by atoms with Gasteiger partial charge in [0.05, 0.1) is 12.0 Å².